The van der Waals surface area contributed by atoms with Crippen molar-refractivity contribution in [3.05, 3.63) is 17.5 Å². The molecule has 82 valence electrons. The number of ether oxygens (including phenoxy) is 2. The maximum atomic E-state index is 10.5. The van der Waals surface area contributed by atoms with E-state index >= 15 is 0 Å². The predicted molar refractivity (Wildman–Crippen MR) is 47.5 cm³/mol. The molecule has 0 saturated carbocycles. The third-order valence-corrected chi connectivity index (χ3v) is 2.13. The number of hydrogen-bond donors (Lipinski definition) is 1. The second-order valence-corrected chi connectivity index (χ2v) is 3.28. The molecule has 0 radical (unpaired) electrons. The van der Waals surface area contributed by atoms with Crippen LogP contribution in [0.3, 0.4) is 0 Å². The van der Waals surface area contributed by atoms with Crippen molar-refractivity contribution in [3.8, 4) is 0 Å². The zero-order chi connectivity index (χ0) is 10.7. The second kappa shape index (κ2) is 4.41. The molecular formula is C9H11NO5. The molecule has 1 aliphatic heterocycles. The minimum absolute atomic E-state index is 0.0726. The standard InChI is InChI=1S/C9H11NO5/c11-9(12)8-3-7(15-10-8)5-14-6-1-2-13-4-6/h3,6H,1-2,4-5H2,(H,11,12). The van der Waals surface area contributed by atoms with Crippen LogP contribution in [0.1, 0.15) is 22.7 Å². The second-order valence-electron chi connectivity index (χ2n) is 3.28. The van der Waals surface area contributed by atoms with Gasteiger partial charge in [0, 0.05) is 12.7 Å². The molecule has 0 spiro atoms. The summed E-state index contributed by atoms with van der Waals surface area (Å²) in [7, 11) is 0. The van der Waals surface area contributed by atoms with E-state index in [0.29, 0.717) is 19.0 Å². The quantitative estimate of drug-likeness (QED) is 0.791. The Morgan fingerprint density at radius 3 is 3.20 bits per heavy atom. The fourth-order valence-electron chi connectivity index (χ4n) is 1.33. The van der Waals surface area contributed by atoms with Crippen molar-refractivity contribution < 1.29 is 23.9 Å². The van der Waals surface area contributed by atoms with Crippen molar-refractivity contribution in [1.29, 1.82) is 0 Å². The van der Waals surface area contributed by atoms with Crippen LogP contribution in [0.2, 0.25) is 0 Å². The number of nitrogens with zero attached hydrogens (tertiary/aromatic N) is 1. The van der Waals surface area contributed by atoms with Gasteiger partial charge in [0.15, 0.2) is 11.5 Å². The van der Waals surface area contributed by atoms with Crippen LogP contribution in [0.15, 0.2) is 10.6 Å². The molecule has 15 heavy (non-hydrogen) atoms. The summed E-state index contributed by atoms with van der Waals surface area (Å²) in [5.74, 6) is -0.687. The topological polar surface area (TPSA) is 81.8 Å². The summed E-state index contributed by atoms with van der Waals surface area (Å²) >= 11 is 0. The number of aromatic carboxylic acids is 1. The van der Waals surface area contributed by atoms with Crippen LogP contribution >= 0.6 is 0 Å². The van der Waals surface area contributed by atoms with E-state index in [9.17, 15) is 4.79 Å². The first-order chi connectivity index (χ1) is 7.25. The largest absolute Gasteiger partial charge is 0.476 e. The summed E-state index contributed by atoms with van der Waals surface area (Å²) in [4.78, 5) is 10.5. The molecule has 1 aliphatic rings. The zero-order valence-electron chi connectivity index (χ0n) is 8.01. The molecule has 0 aliphatic carbocycles. The van der Waals surface area contributed by atoms with Crippen LogP contribution < -0.4 is 0 Å². The first-order valence-electron chi connectivity index (χ1n) is 4.64. The summed E-state index contributed by atoms with van der Waals surface area (Å²) in [6.07, 6.45) is 0.934. The predicted octanol–water partition coefficient (Wildman–Crippen LogP) is 0.678. The number of hydrogen-bond acceptors (Lipinski definition) is 5. The molecule has 1 fully saturated rings. The van der Waals surface area contributed by atoms with Crippen LogP contribution in [0.4, 0.5) is 0 Å². The van der Waals surface area contributed by atoms with Gasteiger partial charge in [0.2, 0.25) is 0 Å². The molecule has 6 heteroatoms. The first kappa shape index (κ1) is 10.1. The number of carbonyl (C=O) groups is 1. The van der Waals surface area contributed by atoms with Gasteiger partial charge in [-0.15, -0.1) is 0 Å². The Bertz CT molecular complexity index is 342. The van der Waals surface area contributed by atoms with Crippen molar-refractivity contribution in [2.75, 3.05) is 13.2 Å². The van der Waals surface area contributed by atoms with Gasteiger partial charge in [0.05, 0.1) is 12.7 Å². The van der Waals surface area contributed by atoms with E-state index in [-0.39, 0.29) is 18.4 Å². The van der Waals surface area contributed by atoms with Crippen molar-refractivity contribution in [2.24, 2.45) is 0 Å². The molecule has 0 bridgehead atoms. The lowest BCUT2D eigenvalue weighted by atomic mass is 10.3. The number of carboxylic acid groups (broad SMARTS) is 1. The van der Waals surface area contributed by atoms with Gasteiger partial charge >= 0.3 is 5.97 Å². The van der Waals surface area contributed by atoms with Gasteiger partial charge in [0.1, 0.15) is 6.61 Å². The number of aromatic nitrogens is 1. The first-order valence-corrected chi connectivity index (χ1v) is 4.64. The number of rotatable bonds is 4. The minimum Gasteiger partial charge on any atom is -0.476 e. The lowest BCUT2D eigenvalue weighted by Crippen LogP contribution is -2.11. The molecule has 1 aromatic heterocycles. The molecule has 1 unspecified atom stereocenters. The van der Waals surface area contributed by atoms with Crippen LogP contribution in [-0.4, -0.2) is 35.6 Å². The van der Waals surface area contributed by atoms with Gasteiger partial charge in [0.25, 0.3) is 0 Å². The van der Waals surface area contributed by atoms with Crippen LogP contribution in [0, 0.1) is 0 Å². The van der Waals surface area contributed by atoms with Crippen LogP contribution in [-0.2, 0) is 16.1 Å². The van der Waals surface area contributed by atoms with Gasteiger partial charge in [-0.2, -0.15) is 0 Å². The Balaban J connectivity index is 1.84. The van der Waals surface area contributed by atoms with Crippen molar-refractivity contribution in [3.63, 3.8) is 0 Å². The lowest BCUT2D eigenvalue weighted by Gasteiger charge is -2.06. The van der Waals surface area contributed by atoms with Gasteiger partial charge in [-0.05, 0) is 6.42 Å². The van der Waals surface area contributed by atoms with Crippen molar-refractivity contribution >= 4 is 5.97 Å². The van der Waals surface area contributed by atoms with E-state index in [4.69, 9.17) is 19.1 Å². The molecule has 2 heterocycles. The highest BCUT2D eigenvalue weighted by Gasteiger charge is 2.17. The Morgan fingerprint density at radius 2 is 2.60 bits per heavy atom. The molecule has 0 amide bonds. The van der Waals surface area contributed by atoms with Gasteiger partial charge in [-0.1, -0.05) is 5.16 Å². The Hall–Kier alpha value is -1.40. The zero-order valence-corrected chi connectivity index (χ0v) is 8.01. The van der Waals surface area contributed by atoms with Crippen molar-refractivity contribution in [1.82, 2.24) is 5.16 Å². The molecule has 1 aromatic rings. The van der Waals surface area contributed by atoms with E-state index < -0.39 is 5.97 Å². The number of carboxylic acids is 1. The molecule has 0 aromatic carbocycles. The highest BCUT2D eigenvalue weighted by molar-refractivity contribution is 5.85. The summed E-state index contributed by atoms with van der Waals surface area (Å²) in [6.45, 7) is 1.52. The molecule has 1 atom stereocenters. The smallest absolute Gasteiger partial charge is 0.358 e. The van der Waals surface area contributed by atoms with E-state index in [2.05, 4.69) is 5.16 Å². The lowest BCUT2D eigenvalue weighted by molar-refractivity contribution is 0.0212. The Morgan fingerprint density at radius 1 is 1.73 bits per heavy atom. The average Bonchev–Trinajstić information content (AvgIpc) is 2.86. The summed E-state index contributed by atoms with van der Waals surface area (Å²) in [5.41, 5.74) is -0.101. The third-order valence-electron chi connectivity index (χ3n) is 2.13. The molecule has 1 N–H and O–H groups in total. The SMILES string of the molecule is O=C(O)c1cc(COC2CCOC2)on1. The van der Waals surface area contributed by atoms with E-state index in [0.717, 1.165) is 6.42 Å². The van der Waals surface area contributed by atoms with E-state index in [1.165, 1.54) is 6.07 Å². The van der Waals surface area contributed by atoms with E-state index in [1.807, 2.05) is 0 Å². The summed E-state index contributed by atoms with van der Waals surface area (Å²) < 4.78 is 15.3. The van der Waals surface area contributed by atoms with Gasteiger partial charge in [-0.3, -0.25) is 0 Å². The highest BCUT2D eigenvalue weighted by atomic mass is 16.6. The summed E-state index contributed by atoms with van der Waals surface area (Å²) in [6, 6.07) is 1.36. The molecular weight excluding hydrogens is 202 g/mol. The highest BCUT2D eigenvalue weighted by Crippen LogP contribution is 2.12. The van der Waals surface area contributed by atoms with E-state index in [1.54, 1.807) is 0 Å². The molecule has 2 rings (SSSR count). The Labute approximate surface area is 85.8 Å². The normalized spacial score (nSPS) is 20.7. The maximum absolute atomic E-state index is 10.5. The summed E-state index contributed by atoms with van der Waals surface area (Å²) in [5, 5.41) is 12.0. The Kier molecular flexibility index (Phi) is 2.98. The molecule has 1 saturated heterocycles. The van der Waals surface area contributed by atoms with Crippen molar-refractivity contribution in [2.45, 2.75) is 19.1 Å². The van der Waals surface area contributed by atoms with Crippen LogP contribution in [0.25, 0.3) is 0 Å². The van der Waals surface area contributed by atoms with Gasteiger partial charge in [-0.25, -0.2) is 4.79 Å². The molecule has 6 nitrogen and oxygen atoms in total. The average molecular weight is 213 g/mol. The minimum atomic E-state index is -1.10. The monoisotopic (exact) mass is 213 g/mol. The maximum Gasteiger partial charge on any atom is 0.358 e. The van der Waals surface area contributed by atoms with Crippen LogP contribution in [0.5, 0.6) is 0 Å². The fraction of sp³-hybridized carbons (Fsp3) is 0.556. The fourth-order valence-corrected chi connectivity index (χ4v) is 1.33. The van der Waals surface area contributed by atoms with Gasteiger partial charge < -0.3 is 19.1 Å². The third kappa shape index (κ3) is 2.54.